The van der Waals surface area contributed by atoms with E-state index < -0.39 is 23.5 Å². The number of aromatic nitrogens is 1. The maximum absolute atomic E-state index is 13.7. The molecule has 0 aliphatic carbocycles. The molecule has 1 unspecified atom stereocenters. The van der Waals surface area contributed by atoms with Gasteiger partial charge >= 0.3 is 0 Å². The minimum Gasteiger partial charge on any atom is -0.271 e. The van der Waals surface area contributed by atoms with Crippen LogP contribution in [-0.2, 0) is 0 Å². The number of benzene rings is 1. The lowest BCUT2D eigenvalue weighted by Gasteiger charge is -2.17. The average Bonchev–Trinajstić information content (AvgIpc) is 2.41. The topological polar surface area (TPSA) is 50.9 Å². The van der Waals surface area contributed by atoms with Gasteiger partial charge in [-0.25, -0.2) is 18.6 Å². The van der Waals surface area contributed by atoms with E-state index in [1.54, 1.807) is 12.1 Å². The smallest absolute Gasteiger partial charge is 0.194 e. The van der Waals surface area contributed by atoms with Gasteiger partial charge in [-0.05, 0) is 23.8 Å². The molecule has 0 fully saturated rings. The van der Waals surface area contributed by atoms with E-state index in [1.807, 2.05) is 0 Å². The number of pyridine rings is 1. The number of hydrogen-bond donors (Lipinski definition) is 2. The van der Waals surface area contributed by atoms with E-state index >= 15 is 0 Å². The van der Waals surface area contributed by atoms with Crippen molar-refractivity contribution in [1.29, 1.82) is 0 Å². The summed E-state index contributed by atoms with van der Waals surface area (Å²) in [5.74, 6) is 1.34. The van der Waals surface area contributed by atoms with Crippen molar-refractivity contribution in [3.05, 3.63) is 65.2 Å². The molecular formula is C12H10F3N3. The molecule has 3 N–H and O–H groups in total. The van der Waals surface area contributed by atoms with E-state index in [2.05, 4.69) is 10.4 Å². The molecule has 0 spiro atoms. The van der Waals surface area contributed by atoms with E-state index in [4.69, 9.17) is 5.84 Å². The zero-order valence-electron chi connectivity index (χ0n) is 9.20. The van der Waals surface area contributed by atoms with Gasteiger partial charge in [-0.3, -0.25) is 10.8 Å². The summed E-state index contributed by atoms with van der Waals surface area (Å²) in [7, 11) is 0. The van der Waals surface area contributed by atoms with E-state index in [1.165, 1.54) is 12.4 Å². The summed E-state index contributed by atoms with van der Waals surface area (Å²) in [4.78, 5) is 3.81. The van der Waals surface area contributed by atoms with Gasteiger partial charge in [0.1, 0.15) is 0 Å². The summed E-state index contributed by atoms with van der Waals surface area (Å²) in [6.45, 7) is 0. The summed E-state index contributed by atoms with van der Waals surface area (Å²) in [5, 5.41) is 0. The number of nitrogens with zero attached hydrogens (tertiary/aromatic N) is 1. The van der Waals surface area contributed by atoms with Crippen molar-refractivity contribution in [3.8, 4) is 0 Å². The standard InChI is InChI=1S/C12H10F3N3/c13-9-2-1-8(10(14)11(9)15)12(18-16)7-3-5-17-6-4-7/h1-6,12,18H,16H2. The maximum Gasteiger partial charge on any atom is 0.194 e. The van der Waals surface area contributed by atoms with E-state index in [0.29, 0.717) is 5.56 Å². The fraction of sp³-hybridized carbons (Fsp3) is 0.0833. The van der Waals surface area contributed by atoms with Gasteiger partial charge in [0.15, 0.2) is 17.5 Å². The molecule has 2 rings (SSSR count). The van der Waals surface area contributed by atoms with Gasteiger partial charge in [0, 0.05) is 18.0 Å². The van der Waals surface area contributed by atoms with Gasteiger partial charge in [-0.2, -0.15) is 0 Å². The Morgan fingerprint density at radius 2 is 1.67 bits per heavy atom. The first-order valence-corrected chi connectivity index (χ1v) is 5.14. The third-order valence-corrected chi connectivity index (χ3v) is 2.58. The van der Waals surface area contributed by atoms with Crippen LogP contribution in [0.3, 0.4) is 0 Å². The molecule has 1 aromatic carbocycles. The molecule has 3 nitrogen and oxygen atoms in total. The van der Waals surface area contributed by atoms with E-state index in [9.17, 15) is 13.2 Å². The summed E-state index contributed by atoms with van der Waals surface area (Å²) >= 11 is 0. The summed E-state index contributed by atoms with van der Waals surface area (Å²) in [5.41, 5.74) is 2.89. The molecule has 1 aromatic heterocycles. The SMILES string of the molecule is NNC(c1ccncc1)c1ccc(F)c(F)c1F. The highest BCUT2D eigenvalue weighted by Gasteiger charge is 2.21. The first kappa shape index (κ1) is 12.5. The highest BCUT2D eigenvalue weighted by atomic mass is 19.2. The van der Waals surface area contributed by atoms with Crippen LogP contribution < -0.4 is 11.3 Å². The lowest BCUT2D eigenvalue weighted by molar-refractivity contribution is 0.433. The van der Waals surface area contributed by atoms with Crippen LogP contribution in [0, 0.1) is 17.5 Å². The van der Waals surface area contributed by atoms with Crippen molar-refractivity contribution in [3.63, 3.8) is 0 Å². The number of hydrazine groups is 1. The van der Waals surface area contributed by atoms with Crippen LogP contribution in [0.5, 0.6) is 0 Å². The van der Waals surface area contributed by atoms with Gasteiger partial charge in [-0.1, -0.05) is 6.07 Å². The van der Waals surface area contributed by atoms with Crippen molar-refractivity contribution < 1.29 is 13.2 Å². The van der Waals surface area contributed by atoms with Gasteiger partial charge in [-0.15, -0.1) is 0 Å². The second-order valence-corrected chi connectivity index (χ2v) is 3.64. The average molecular weight is 253 g/mol. The Labute approximate surface area is 101 Å². The van der Waals surface area contributed by atoms with Crippen LogP contribution in [0.15, 0.2) is 36.7 Å². The number of halogens is 3. The fourth-order valence-corrected chi connectivity index (χ4v) is 1.69. The molecule has 1 atom stereocenters. The minimum atomic E-state index is -1.51. The van der Waals surface area contributed by atoms with Crippen LogP contribution in [0.4, 0.5) is 13.2 Å². The molecule has 0 saturated carbocycles. The van der Waals surface area contributed by atoms with Crippen LogP contribution in [0.25, 0.3) is 0 Å². The zero-order chi connectivity index (χ0) is 13.1. The maximum atomic E-state index is 13.7. The Balaban J connectivity index is 2.50. The van der Waals surface area contributed by atoms with Gasteiger partial charge in [0.05, 0.1) is 6.04 Å². The third-order valence-electron chi connectivity index (χ3n) is 2.58. The highest BCUT2D eigenvalue weighted by molar-refractivity contribution is 5.32. The van der Waals surface area contributed by atoms with E-state index in [-0.39, 0.29) is 5.56 Å². The monoisotopic (exact) mass is 253 g/mol. The molecule has 0 aliphatic rings. The second kappa shape index (κ2) is 5.16. The lowest BCUT2D eigenvalue weighted by atomic mass is 9.99. The van der Waals surface area contributed by atoms with Crippen LogP contribution in [0.1, 0.15) is 17.2 Å². The lowest BCUT2D eigenvalue weighted by Crippen LogP contribution is -2.29. The Kier molecular flexibility index (Phi) is 3.59. The van der Waals surface area contributed by atoms with Gasteiger partial charge in [0.2, 0.25) is 0 Å². The normalized spacial score (nSPS) is 12.4. The number of hydrogen-bond acceptors (Lipinski definition) is 3. The van der Waals surface area contributed by atoms with Crippen LogP contribution in [0.2, 0.25) is 0 Å². The largest absolute Gasteiger partial charge is 0.271 e. The first-order chi connectivity index (χ1) is 8.65. The summed E-state index contributed by atoms with van der Waals surface area (Å²) < 4.78 is 39.7. The minimum absolute atomic E-state index is 0.0670. The van der Waals surface area contributed by atoms with Crippen molar-refractivity contribution in [2.24, 2.45) is 5.84 Å². The molecule has 2 aromatic rings. The van der Waals surface area contributed by atoms with Crippen molar-refractivity contribution in [2.45, 2.75) is 6.04 Å². The second-order valence-electron chi connectivity index (χ2n) is 3.64. The Morgan fingerprint density at radius 3 is 2.28 bits per heavy atom. The molecule has 0 aliphatic heterocycles. The predicted octanol–water partition coefficient (Wildman–Crippen LogP) is 2.05. The van der Waals surface area contributed by atoms with Gasteiger partial charge in [0.25, 0.3) is 0 Å². The zero-order valence-corrected chi connectivity index (χ0v) is 9.20. The summed E-state index contributed by atoms with van der Waals surface area (Å²) in [6, 6.07) is 4.44. The quantitative estimate of drug-likeness (QED) is 0.500. The highest BCUT2D eigenvalue weighted by Crippen LogP contribution is 2.25. The molecule has 0 amide bonds. The van der Waals surface area contributed by atoms with Crippen molar-refractivity contribution >= 4 is 0 Å². The summed E-state index contributed by atoms with van der Waals surface area (Å²) in [6.07, 6.45) is 2.99. The van der Waals surface area contributed by atoms with E-state index in [0.717, 1.165) is 12.1 Å². The molecule has 0 saturated heterocycles. The molecular weight excluding hydrogens is 243 g/mol. The molecule has 0 bridgehead atoms. The number of nitrogens with one attached hydrogen (secondary N) is 1. The molecule has 94 valence electrons. The van der Waals surface area contributed by atoms with Crippen LogP contribution >= 0.6 is 0 Å². The van der Waals surface area contributed by atoms with Gasteiger partial charge < -0.3 is 0 Å². The first-order valence-electron chi connectivity index (χ1n) is 5.14. The third kappa shape index (κ3) is 2.20. The predicted molar refractivity (Wildman–Crippen MR) is 59.7 cm³/mol. The molecule has 6 heteroatoms. The number of rotatable bonds is 3. The molecule has 18 heavy (non-hydrogen) atoms. The molecule has 0 radical (unpaired) electrons. The van der Waals surface area contributed by atoms with Crippen molar-refractivity contribution in [2.75, 3.05) is 0 Å². The Morgan fingerprint density at radius 1 is 1.00 bits per heavy atom. The van der Waals surface area contributed by atoms with Crippen LogP contribution in [-0.4, -0.2) is 4.98 Å². The molecule has 1 heterocycles. The fourth-order valence-electron chi connectivity index (χ4n) is 1.69. The number of nitrogens with two attached hydrogens (primary N) is 1. The Bertz CT molecular complexity index is 546. The van der Waals surface area contributed by atoms with Crippen molar-refractivity contribution in [1.82, 2.24) is 10.4 Å². The Hall–Kier alpha value is -1.92.